The number of imide groups is 1. The molecule has 1 saturated heterocycles. The van der Waals surface area contributed by atoms with Gasteiger partial charge in [-0.1, -0.05) is 42.0 Å². The van der Waals surface area contributed by atoms with E-state index in [1.807, 2.05) is 23.1 Å². The number of urea groups is 1. The van der Waals surface area contributed by atoms with Crippen molar-refractivity contribution in [1.82, 2.24) is 14.8 Å². The van der Waals surface area contributed by atoms with Gasteiger partial charge in [-0.2, -0.15) is 4.99 Å². The minimum Gasteiger partial charge on any atom is -0.329 e. The average Bonchev–Trinajstić information content (AvgIpc) is 3.31. The molecule has 4 amide bonds. The van der Waals surface area contributed by atoms with Crippen molar-refractivity contribution in [1.29, 1.82) is 0 Å². The number of benzene rings is 2. The number of carbonyl (C=O) groups excluding carboxylic acids is 3. The summed E-state index contributed by atoms with van der Waals surface area (Å²) in [6.07, 6.45) is 1.91. The zero-order valence-electron chi connectivity index (χ0n) is 16.4. The summed E-state index contributed by atoms with van der Waals surface area (Å²) in [6.45, 7) is 2.80. The first-order chi connectivity index (χ1) is 14.5. The Kier molecular flexibility index (Phi) is 5.58. The van der Waals surface area contributed by atoms with Gasteiger partial charge in [0, 0.05) is 23.7 Å². The van der Waals surface area contributed by atoms with Gasteiger partial charge < -0.3 is 9.88 Å². The summed E-state index contributed by atoms with van der Waals surface area (Å²) in [5, 5.41) is 4.38. The van der Waals surface area contributed by atoms with Crippen LogP contribution in [0.2, 0.25) is 0 Å². The number of thiazole rings is 1. The highest BCUT2D eigenvalue weighted by atomic mass is 32.1. The highest BCUT2D eigenvalue weighted by Gasteiger charge is 2.28. The van der Waals surface area contributed by atoms with Gasteiger partial charge in [0.15, 0.2) is 4.80 Å². The van der Waals surface area contributed by atoms with Crippen LogP contribution in [0, 0.1) is 6.92 Å². The van der Waals surface area contributed by atoms with Gasteiger partial charge in [-0.05, 0) is 30.2 Å². The predicted octanol–water partition coefficient (Wildman–Crippen LogP) is 2.70. The van der Waals surface area contributed by atoms with E-state index in [4.69, 9.17) is 0 Å². The second-order valence-corrected chi connectivity index (χ2v) is 7.93. The van der Waals surface area contributed by atoms with Gasteiger partial charge in [0.25, 0.3) is 5.91 Å². The summed E-state index contributed by atoms with van der Waals surface area (Å²) in [6, 6.07) is 14.7. The second kappa shape index (κ2) is 8.46. The monoisotopic (exact) mass is 420 g/mol. The van der Waals surface area contributed by atoms with Gasteiger partial charge in [-0.15, -0.1) is 11.3 Å². The van der Waals surface area contributed by atoms with E-state index in [9.17, 15) is 14.4 Å². The third kappa shape index (κ3) is 4.38. The lowest BCUT2D eigenvalue weighted by atomic mass is 10.1. The van der Waals surface area contributed by atoms with E-state index in [2.05, 4.69) is 34.6 Å². The van der Waals surface area contributed by atoms with Crippen LogP contribution in [0.4, 0.5) is 4.79 Å². The van der Waals surface area contributed by atoms with Crippen molar-refractivity contribution in [3.8, 4) is 0 Å². The van der Waals surface area contributed by atoms with Crippen molar-refractivity contribution in [3.63, 3.8) is 0 Å². The number of amides is 4. The Morgan fingerprint density at radius 3 is 2.63 bits per heavy atom. The fourth-order valence-corrected chi connectivity index (χ4v) is 3.88. The summed E-state index contributed by atoms with van der Waals surface area (Å²) in [4.78, 5) is 42.3. The van der Waals surface area contributed by atoms with Crippen LogP contribution >= 0.6 is 11.3 Å². The highest BCUT2D eigenvalue weighted by molar-refractivity contribution is 7.07. The minimum atomic E-state index is -0.419. The van der Waals surface area contributed by atoms with E-state index in [-0.39, 0.29) is 24.9 Å². The average molecular weight is 420 g/mol. The van der Waals surface area contributed by atoms with E-state index in [1.165, 1.54) is 16.9 Å². The summed E-state index contributed by atoms with van der Waals surface area (Å²) < 4.78 is 1.93. The van der Waals surface area contributed by atoms with E-state index < -0.39 is 6.03 Å². The molecule has 0 radical (unpaired) electrons. The molecule has 0 atom stereocenters. The molecule has 0 unspecified atom stereocenters. The van der Waals surface area contributed by atoms with Gasteiger partial charge in [-0.3, -0.25) is 14.5 Å². The lowest BCUT2D eigenvalue weighted by Gasteiger charge is -2.12. The first-order valence-electron chi connectivity index (χ1n) is 9.45. The molecular weight excluding hydrogens is 400 g/mol. The lowest BCUT2D eigenvalue weighted by Crippen LogP contribution is -2.30. The Hall–Kier alpha value is -3.52. The van der Waals surface area contributed by atoms with Crippen LogP contribution in [-0.2, 0) is 17.9 Å². The standard InChI is InChI=1S/C22H20N4O3S/c1-15-5-7-16(8-6-15)13-25-9-10-30-22(25)24-20(28)18-4-2-3-17(11-18)14-26-19(27)12-23-21(26)29/h2-11H,12-14H2,1H3,(H,23,29). The Labute approximate surface area is 177 Å². The van der Waals surface area contributed by atoms with Gasteiger partial charge in [-0.25, -0.2) is 4.79 Å². The normalized spacial score (nSPS) is 14.3. The lowest BCUT2D eigenvalue weighted by molar-refractivity contribution is -0.125. The molecule has 1 fully saturated rings. The summed E-state index contributed by atoms with van der Waals surface area (Å²) in [5.74, 6) is -0.647. The molecule has 0 saturated carbocycles. The molecule has 1 aliphatic heterocycles. The van der Waals surface area contributed by atoms with Crippen molar-refractivity contribution in [2.24, 2.45) is 4.99 Å². The molecule has 7 nitrogen and oxygen atoms in total. The van der Waals surface area contributed by atoms with Gasteiger partial charge >= 0.3 is 6.03 Å². The van der Waals surface area contributed by atoms with Gasteiger partial charge in [0.05, 0.1) is 13.1 Å². The van der Waals surface area contributed by atoms with Crippen LogP contribution in [0.5, 0.6) is 0 Å². The number of rotatable bonds is 5. The fraction of sp³-hybridized carbons (Fsp3) is 0.182. The molecule has 3 aromatic rings. The largest absolute Gasteiger partial charge is 0.329 e. The molecule has 30 heavy (non-hydrogen) atoms. The number of carbonyl (C=O) groups is 3. The van der Waals surface area contributed by atoms with Crippen molar-refractivity contribution in [2.45, 2.75) is 20.0 Å². The molecule has 4 rings (SSSR count). The van der Waals surface area contributed by atoms with Crippen LogP contribution in [0.1, 0.15) is 27.0 Å². The van der Waals surface area contributed by atoms with Crippen molar-refractivity contribution in [2.75, 3.05) is 6.54 Å². The van der Waals surface area contributed by atoms with Gasteiger partial charge in [0.1, 0.15) is 0 Å². The second-order valence-electron chi connectivity index (χ2n) is 7.06. The van der Waals surface area contributed by atoms with Crippen LogP contribution in [-0.4, -0.2) is 33.9 Å². The van der Waals surface area contributed by atoms with E-state index >= 15 is 0 Å². The Balaban J connectivity index is 1.54. The van der Waals surface area contributed by atoms with Crippen LogP contribution in [0.3, 0.4) is 0 Å². The van der Waals surface area contributed by atoms with Crippen LogP contribution in [0.15, 0.2) is 65.1 Å². The summed E-state index contributed by atoms with van der Waals surface area (Å²) >= 11 is 1.40. The van der Waals surface area contributed by atoms with Crippen molar-refractivity contribution < 1.29 is 14.4 Å². The minimum absolute atomic E-state index is 0.00610. The molecule has 1 aliphatic rings. The molecule has 1 aromatic heterocycles. The number of aryl methyl sites for hydroxylation is 1. The Bertz CT molecular complexity index is 1160. The molecule has 2 aromatic carbocycles. The summed E-state index contributed by atoms with van der Waals surface area (Å²) in [5.41, 5.74) is 3.43. The van der Waals surface area contributed by atoms with Crippen molar-refractivity contribution >= 4 is 29.2 Å². The molecule has 2 heterocycles. The molecule has 0 aliphatic carbocycles. The van der Waals surface area contributed by atoms with E-state index in [1.54, 1.807) is 24.3 Å². The SMILES string of the molecule is Cc1ccc(Cn2ccsc2=NC(=O)c2cccc(CN3C(=O)CNC3=O)c2)cc1. The fourth-order valence-electron chi connectivity index (χ4n) is 3.15. The number of nitrogens with one attached hydrogen (secondary N) is 1. The van der Waals surface area contributed by atoms with E-state index in [0.717, 1.165) is 10.5 Å². The van der Waals surface area contributed by atoms with Gasteiger partial charge in [0.2, 0.25) is 5.91 Å². The van der Waals surface area contributed by atoms with E-state index in [0.29, 0.717) is 22.5 Å². The number of hydrogen-bond acceptors (Lipinski definition) is 4. The Morgan fingerprint density at radius 2 is 1.90 bits per heavy atom. The molecule has 152 valence electrons. The topological polar surface area (TPSA) is 83.8 Å². The zero-order chi connectivity index (χ0) is 21.1. The maximum atomic E-state index is 12.7. The van der Waals surface area contributed by atoms with Crippen molar-refractivity contribution in [3.05, 3.63) is 87.2 Å². The molecule has 1 N–H and O–H groups in total. The predicted molar refractivity (Wildman–Crippen MR) is 113 cm³/mol. The molecular formula is C22H20N4O3S. The third-order valence-electron chi connectivity index (χ3n) is 4.78. The zero-order valence-corrected chi connectivity index (χ0v) is 17.2. The maximum absolute atomic E-state index is 12.7. The quantitative estimate of drug-likeness (QED) is 0.644. The first kappa shape index (κ1) is 19.8. The number of aromatic nitrogens is 1. The Morgan fingerprint density at radius 1 is 1.10 bits per heavy atom. The highest BCUT2D eigenvalue weighted by Crippen LogP contribution is 2.12. The van der Waals surface area contributed by atoms with Crippen LogP contribution in [0.25, 0.3) is 0 Å². The number of nitrogens with zero attached hydrogens (tertiary/aromatic N) is 3. The molecule has 0 spiro atoms. The number of hydrogen-bond donors (Lipinski definition) is 1. The maximum Gasteiger partial charge on any atom is 0.324 e. The molecule has 0 bridgehead atoms. The third-order valence-corrected chi connectivity index (χ3v) is 5.58. The summed E-state index contributed by atoms with van der Waals surface area (Å²) in [7, 11) is 0. The molecule has 8 heteroatoms. The first-order valence-corrected chi connectivity index (χ1v) is 10.3. The smallest absolute Gasteiger partial charge is 0.324 e. The van der Waals surface area contributed by atoms with Crippen LogP contribution < -0.4 is 10.1 Å².